The van der Waals surface area contributed by atoms with Crippen molar-refractivity contribution in [2.45, 2.75) is 5.92 Å². The molecule has 0 unspecified atom stereocenters. The van der Waals surface area contributed by atoms with Crippen molar-refractivity contribution in [3.8, 4) is 0 Å². The van der Waals surface area contributed by atoms with Crippen molar-refractivity contribution in [1.29, 1.82) is 0 Å². The van der Waals surface area contributed by atoms with Crippen molar-refractivity contribution in [2.75, 3.05) is 13.2 Å². The quantitative estimate of drug-likeness (QED) is 0.759. The first-order valence-electron chi connectivity index (χ1n) is 4.42. The molecule has 0 bridgehead atoms. The fraction of sp³-hybridized carbons (Fsp3) is 0.300. The van der Waals surface area contributed by atoms with E-state index in [0.29, 0.717) is 11.5 Å². The predicted molar refractivity (Wildman–Crippen MR) is 50.9 cm³/mol. The molecule has 0 saturated carbocycles. The van der Waals surface area contributed by atoms with E-state index in [-0.39, 0.29) is 13.2 Å². The fourth-order valence-corrected chi connectivity index (χ4v) is 1.28. The minimum Gasteiger partial charge on any atom is -0.440 e. The van der Waals surface area contributed by atoms with Crippen molar-refractivity contribution >= 4 is 11.1 Å². The molecule has 4 nitrogen and oxygen atoms in total. The molecule has 1 aromatic heterocycles. The van der Waals surface area contributed by atoms with Gasteiger partial charge in [0.05, 0.1) is 19.1 Å². The summed E-state index contributed by atoms with van der Waals surface area (Å²) in [4.78, 5) is 4.17. The zero-order valence-electron chi connectivity index (χ0n) is 7.55. The third kappa shape index (κ3) is 1.49. The second-order valence-electron chi connectivity index (χ2n) is 3.08. The van der Waals surface area contributed by atoms with Crippen molar-refractivity contribution in [3.63, 3.8) is 0 Å². The summed E-state index contributed by atoms with van der Waals surface area (Å²) in [5.74, 6) is -0.0430. The third-order valence-electron chi connectivity index (χ3n) is 2.10. The molecule has 0 spiro atoms. The second-order valence-corrected chi connectivity index (χ2v) is 3.08. The van der Waals surface area contributed by atoms with Gasteiger partial charge in [-0.25, -0.2) is 4.98 Å². The van der Waals surface area contributed by atoms with Gasteiger partial charge in [0.25, 0.3) is 0 Å². The van der Waals surface area contributed by atoms with Crippen LogP contribution in [0.5, 0.6) is 0 Å². The lowest BCUT2D eigenvalue weighted by Crippen LogP contribution is -2.08. The van der Waals surface area contributed by atoms with Crippen LogP contribution in [0.15, 0.2) is 28.7 Å². The molecule has 0 aliphatic carbocycles. The van der Waals surface area contributed by atoms with Crippen LogP contribution in [0.25, 0.3) is 11.1 Å². The van der Waals surface area contributed by atoms with Crippen LogP contribution in [0.1, 0.15) is 11.8 Å². The maximum atomic E-state index is 8.94. The van der Waals surface area contributed by atoms with Gasteiger partial charge in [0.2, 0.25) is 5.89 Å². The molecule has 74 valence electrons. The molecule has 0 aliphatic heterocycles. The number of aliphatic hydroxyl groups is 2. The van der Waals surface area contributed by atoms with Gasteiger partial charge < -0.3 is 14.6 Å². The van der Waals surface area contributed by atoms with Crippen LogP contribution < -0.4 is 0 Å². The summed E-state index contributed by atoms with van der Waals surface area (Å²) in [6.45, 7) is -0.327. The average molecular weight is 193 g/mol. The van der Waals surface area contributed by atoms with E-state index in [1.165, 1.54) is 0 Å². The highest BCUT2D eigenvalue weighted by Crippen LogP contribution is 2.20. The predicted octanol–water partition coefficient (Wildman–Crippen LogP) is 0.896. The Kier molecular flexibility index (Phi) is 2.47. The molecule has 0 fully saturated rings. The van der Waals surface area contributed by atoms with Gasteiger partial charge in [-0.05, 0) is 12.1 Å². The summed E-state index contributed by atoms with van der Waals surface area (Å²) in [7, 11) is 0. The molecule has 4 heteroatoms. The SMILES string of the molecule is OCC(CO)c1nc2ccccc2o1. The molecule has 2 N–H and O–H groups in total. The van der Waals surface area contributed by atoms with Crippen LogP contribution >= 0.6 is 0 Å². The summed E-state index contributed by atoms with van der Waals surface area (Å²) in [6, 6.07) is 7.34. The third-order valence-corrected chi connectivity index (χ3v) is 2.10. The van der Waals surface area contributed by atoms with Crippen molar-refractivity contribution in [2.24, 2.45) is 0 Å². The molecule has 0 atom stereocenters. The Balaban J connectivity index is 2.43. The van der Waals surface area contributed by atoms with E-state index < -0.39 is 5.92 Å². The van der Waals surface area contributed by atoms with Crippen molar-refractivity contribution in [1.82, 2.24) is 4.98 Å². The van der Waals surface area contributed by atoms with Crippen molar-refractivity contribution < 1.29 is 14.6 Å². The number of hydrogen-bond donors (Lipinski definition) is 2. The number of rotatable bonds is 3. The highest BCUT2D eigenvalue weighted by atomic mass is 16.4. The molecule has 0 radical (unpaired) electrons. The normalized spacial score (nSPS) is 11.4. The maximum Gasteiger partial charge on any atom is 0.203 e. The van der Waals surface area contributed by atoms with Gasteiger partial charge in [0.1, 0.15) is 5.52 Å². The lowest BCUT2D eigenvalue weighted by Gasteiger charge is -2.03. The number of para-hydroxylation sites is 2. The number of nitrogens with zero attached hydrogens (tertiary/aromatic N) is 1. The Morgan fingerprint density at radius 1 is 1.21 bits per heavy atom. The second kappa shape index (κ2) is 3.77. The van der Waals surface area contributed by atoms with Gasteiger partial charge in [-0.3, -0.25) is 0 Å². The number of fused-ring (bicyclic) bond motifs is 1. The molecule has 1 heterocycles. The Morgan fingerprint density at radius 2 is 1.93 bits per heavy atom. The van der Waals surface area contributed by atoms with Crippen LogP contribution in [-0.4, -0.2) is 28.4 Å². The smallest absolute Gasteiger partial charge is 0.203 e. The summed E-state index contributed by atoms with van der Waals surface area (Å²) < 4.78 is 5.38. The Bertz CT molecular complexity index is 387. The van der Waals surface area contributed by atoms with Crippen LogP contribution in [-0.2, 0) is 0 Å². The van der Waals surface area contributed by atoms with Crippen molar-refractivity contribution in [3.05, 3.63) is 30.2 Å². The average Bonchev–Trinajstić information content (AvgIpc) is 2.63. The van der Waals surface area contributed by atoms with E-state index >= 15 is 0 Å². The summed E-state index contributed by atoms with van der Waals surface area (Å²) in [6.07, 6.45) is 0. The van der Waals surface area contributed by atoms with Gasteiger partial charge in [-0.15, -0.1) is 0 Å². The van der Waals surface area contributed by atoms with Crippen LogP contribution in [0.2, 0.25) is 0 Å². The number of oxazole rings is 1. The zero-order chi connectivity index (χ0) is 9.97. The fourth-order valence-electron chi connectivity index (χ4n) is 1.28. The molecule has 0 saturated heterocycles. The molecular formula is C10H11NO3. The van der Waals surface area contributed by atoms with Crippen LogP contribution in [0, 0.1) is 0 Å². The number of benzene rings is 1. The molecule has 14 heavy (non-hydrogen) atoms. The minimum absolute atomic E-state index is 0.163. The maximum absolute atomic E-state index is 8.94. The summed E-state index contributed by atoms with van der Waals surface area (Å²) in [5, 5.41) is 17.9. The first-order valence-corrected chi connectivity index (χ1v) is 4.42. The standard InChI is InChI=1S/C10H11NO3/c12-5-7(6-13)10-11-8-3-1-2-4-9(8)14-10/h1-4,7,12-13H,5-6H2. The monoisotopic (exact) mass is 193 g/mol. The Labute approximate surface area is 80.8 Å². The van der Waals surface area contributed by atoms with E-state index in [4.69, 9.17) is 14.6 Å². The summed E-state index contributed by atoms with van der Waals surface area (Å²) in [5.41, 5.74) is 1.42. The zero-order valence-corrected chi connectivity index (χ0v) is 7.55. The lowest BCUT2D eigenvalue weighted by molar-refractivity contribution is 0.176. The Morgan fingerprint density at radius 3 is 2.57 bits per heavy atom. The first kappa shape index (κ1) is 9.18. The molecule has 0 aliphatic rings. The van der Waals surface area contributed by atoms with Gasteiger partial charge in [-0.2, -0.15) is 0 Å². The minimum atomic E-state index is -0.428. The van der Waals surface area contributed by atoms with E-state index in [1.807, 2.05) is 18.2 Å². The van der Waals surface area contributed by atoms with Gasteiger partial charge in [0, 0.05) is 0 Å². The highest BCUT2D eigenvalue weighted by Gasteiger charge is 2.15. The molecule has 1 aromatic carbocycles. The molecule has 0 amide bonds. The number of hydrogen-bond acceptors (Lipinski definition) is 4. The molecular weight excluding hydrogens is 182 g/mol. The molecule has 2 aromatic rings. The number of aliphatic hydroxyl groups excluding tert-OH is 2. The van der Waals surface area contributed by atoms with Gasteiger partial charge in [-0.1, -0.05) is 12.1 Å². The Hall–Kier alpha value is -1.39. The topological polar surface area (TPSA) is 66.5 Å². The van der Waals surface area contributed by atoms with Crippen LogP contribution in [0.4, 0.5) is 0 Å². The van der Waals surface area contributed by atoms with Gasteiger partial charge in [0.15, 0.2) is 5.58 Å². The summed E-state index contributed by atoms with van der Waals surface area (Å²) >= 11 is 0. The largest absolute Gasteiger partial charge is 0.440 e. The van der Waals surface area contributed by atoms with E-state index in [2.05, 4.69) is 4.98 Å². The number of aromatic nitrogens is 1. The van der Waals surface area contributed by atoms with Gasteiger partial charge >= 0.3 is 0 Å². The van der Waals surface area contributed by atoms with E-state index in [0.717, 1.165) is 5.52 Å². The first-order chi connectivity index (χ1) is 6.85. The van der Waals surface area contributed by atoms with E-state index in [9.17, 15) is 0 Å². The van der Waals surface area contributed by atoms with Crippen LogP contribution in [0.3, 0.4) is 0 Å². The lowest BCUT2D eigenvalue weighted by atomic mass is 10.2. The highest BCUT2D eigenvalue weighted by molar-refractivity contribution is 5.72. The molecule has 2 rings (SSSR count). The van der Waals surface area contributed by atoms with E-state index in [1.54, 1.807) is 6.07 Å².